The average molecular weight is 579 g/mol. The molecule has 0 aliphatic heterocycles. The summed E-state index contributed by atoms with van der Waals surface area (Å²) in [5.74, 6) is -0.473. The predicted molar refractivity (Wildman–Crippen MR) is 159 cm³/mol. The Morgan fingerprint density at radius 2 is 1.48 bits per heavy atom. The minimum atomic E-state index is -1.23. The molecule has 10 nitrogen and oxygen atoms in total. The van der Waals surface area contributed by atoms with Gasteiger partial charge in [-0.1, -0.05) is 86.6 Å². The Morgan fingerprint density at radius 1 is 0.929 bits per heavy atom. The average Bonchev–Trinajstić information content (AvgIpc) is 3.26. The number of carbonyl (C=O) groups excluding carboxylic acids is 2. The van der Waals surface area contributed by atoms with Crippen molar-refractivity contribution in [2.75, 3.05) is 7.05 Å². The number of nitrogens with one attached hydrogen (secondary N) is 2. The van der Waals surface area contributed by atoms with Crippen molar-refractivity contribution < 1.29 is 29.1 Å². The lowest BCUT2D eigenvalue weighted by Crippen LogP contribution is -2.58. The Bertz CT molecular complexity index is 1320. The van der Waals surface area contributed by atoms with Crippen molar-refractivity contribution in [3.63, 3.8) is 0 Å². The number of aliphatic hydroxyl groups is 1. The van der Waals surface area contributed by atoms with E-state index < -0.39 is 41.6 Å². The van der Waals surface area contributed by atoms with Gasteiger partial charge in [0, 0.05) is 13.1 Å². The molecule has 0 spiro atoms. The van der Waals surface area contributed by atoms with Gasteiger partial charge in [-0.3, -0.25) is 14.5 Å². The first-order valence-corrected chi connectivity index (χ1v) is 14.0. The Kier molecular flexibility index (Phi) is 10.9. The largest absolute Gasteiger partial charge is 0.465 e. The number of carbonyl (C=O) groups is 3. The van der Waals surface area contributed by atoms with Gasteiger partial charge in [-0.15, -0.1) is 0 Å². The van der Waals surface area contributed by atoms with Gasteiger partial charge in [0.2, 0.25) is 5.91 Å². The van der Waals surface area contributed by atoms with Crippen molar-refractivity contribution in [3.05, 3.63) is 88.8 Å². The van der Waals surface area contributed by atoms with Crippen LogP contribution in [-0.2, 0) is 17.6 Å². The number of aromatic nitrogens is 1. The highest BCUT2D eigenvalue weighted by molar-refractivity contribution is 5.96. The molecule has 42 heavy (non-hydrogen) atoms. The molecule has 0 fully saturated rings. The predicted octanol–water partition coefficient (Wildman–Crippen LogP) is 4.14. The van der Waals surface area contributed by atoms with Crippen LogP contribution in [0, 0.1) is 19.3 Å². The van der Waals surface area contributed by atoms with E-state index in [1.165, 1.54) is 7.05 Å². The van der Waals surface area contributed by atoms with Crippen LogP contribution in [0.25, 0.3) is 0 Å². The Hall–Kier alpha value is -4.18. The number of benzene rings is 2. The first kappa shape index (κ1) is 32.3. The SMILES string of the molecule is Cc1noc(C)c1C(=O)N[C@@H](Cc1ccccc1)C[C@@H](O)[C@H](Cc1ccccc1)NC(=O)[C@@H](N(C)C(=O)O)C(C)(C)C. The van der Waals surface area contributed by atoms with E-state index in [0.717, 1.165) is 16.0 Å². The third-order valence-electron chi connectivity index (χ3n) is 7.29. The van der Waals surface area contributed by atoms with Crippen molar-refractivity contribution >= 4 is 17.9 Å². The molecule has 2 aromatic carbocycles. The smallest absolute Gasteiger partial charge is 0.407 e. The zero-order valence-corrected chi connectivity index (χ0v) is 25.1. The molecule has 0 aliphatic carbocycles. The number of hydrogen-bond donors (Lipinski definition) is 4. The van der Waals surface area contributed by atoms with Crippen molar-refractivity contribution in [2.24, 2.45) is 5.41 Å². The van der Waals surface area contributed by atoms with E-state index in [1.54, 1.807) is 34.6 Å². The van der Waals surface area contributed by atoms with E-state index in [2.05, 4.69) is 15.8 Å². The molecule has 3 amide bonds. The summed E-state index contributed by atoms with van der Waals surface area (Å²) in [5, 5.41) is 31.1. The molecule has 0 bridgehead atoms. The number of hydrogen-bond acceptors (Lipinski definition) is 6. The highest BCUT2D eigenvalue weighted by Gasteiger charge is 2.39. The van der Waals surface area contributed by atoms with Crippen LogP contribution >= 0.6 is 0 Å². The lowest BCUT2D eigenvalue weighted by atomic mass is 9.84. The monoisotopic (exact) mass is 578 g/mol. The highest BCUT2D eigenvalue weighted by Crippen LogP contribution is 2.25. The van der Waals surface area contributed by atoms with Gasteiger partial charge >= 0.3 is 6.09 Å². The van der Waals surface area contributed by atoms with E-state index in [4.69, 9.17) is 4.52 Å². The molecule has 0 unspecified atom stereocenters. The van der Waals surface area contributed by atoms with E-state index >= 15 is 0 Å². The number of carboxylic acid groups (broad SMARTS) is 1. The van der Waals surface area contributed by atoms with Gasteiger partial charge in [-0.05, 0) is 49.7 Å². The van der Waals surface area contributed by atoms with Gasteiger partial charge in [0.05, 0.1) is 17.8 Å². The topological polar surface area (TPSA) is 145 Å². The summed E-state index contributed by atoms with van der Waals surface area (Å²) in [4.78, 5) is 39.7. The second-order valence-corrected chi connectivity index (χ2v) is 11.8. The number of amides is 3. The maximum atomic E-state index is 13.6. The van der Waals surface area contributed by atoms with Crippen molar-refractivity contribution in [1.82, 2.24) is 20.7 Å². The summed E-state index contributed by atoms with van der Waals surface area (Å²) in [6.45, 7) is 8.73. The van der Waals surface area contributed by atoms with Crippen LogP contribution in [0.5, 0.6) is 0 Å². The summed E-state index contributed by atoms with van der Waals surface area (Å²) in [6.07, 6.45) is -1.45. The third-order valence-corrected chi connectivity index (χ3v) is 7.29. The van der Waals surface area contributed by atoms with Crippen LogP contribution in [0.4, 0.5) is 4.79 Å². The molecule has 0 radical (unpaired) electrons. The first-order valence-electron chi connectivity index (χ1n) is 14.0. The number of rotatable bonds is 12. The lowest BCUT2D eigenvalue weighted by Gasteiger charge is -2.37. The van der Waals surface area contributed by atoms with Crippen LogP contribution in [0.2, 0.25) is 0 Å². The normalized spacial score (nSPS) is 14.4. The number of aliphatic hydroxyl groups excluding tert-OH is 1. The van der Waals surface area contributed by atoms with Gasteiger partial charge < -0.3 is 25.4 Å². The Labute approximate surface area is 247 Å². The van der Waals surface area contributed by atoms with Crippen LogP contribution in [0.15, 0.2) is 65.2 Å². The maximum Gasteiger partial charge on any atom is 0.407 e. The van der Waals surface area contributed by atoms with Crippen molar-refractivity contribution in [2.45, 2.75) is 78.1 Å². The summed E-state index contributed by atoms with van der Waals surface area (Å²) < 4.78 is 5.18. The second-order valence-electron chi connectivity index (χ2n) is 11.8. The van der Waals surface area contributed by atoms with Gasteiger partial charge in [-0.2, -0.15) is 0 Å². The fourth-order valence-corrected chi connectivity index (χ4v) is 5.29. The summed E-state index contributed by atoms with van der Waals surface area (Å²) >= 11 is 0. The summed E-state index contributed by atoms with van der Waals surface area (Å²) in [7, 11) is 1.36. The van der Waals surface area contributed by atoms with E-state index in [-0.39, 0.29) is 12.3 Å². The summed E-state index contributed by atoms with van der Waals surface area (Å²) in [5.41, 5.74) is 1.96. The quantitative estimate of drug-likeness (QED) is 0.253. The molecular weight excluding hydrogens is 536 g/mol. The molecule has 0 saturated carbocycles. The molecule has 226 valence electrons. The Morgan fingerprint density at radius 3 is 1.95 bits per heavy atom. The second kappa shape index (κ2) is 14.1. The minimum Gasteiger partial charge on any atom is -0.465 e. The van der Waals surface area contributed by atoms with E-state index in [0.29, 0.717) is 29.9 Å². The van der Waals surface area contributed by atoms with Gasteiger partial charge in [0.1, 0.15) is 17.4 Å². The zero-order valence-electron chi connectivity index (χ0n) is 25.1. The van der Waals surface area contributed by atoms with Gasteiger partial charge in [0.15, 0.2) is 0 Å². The fourth-order valence-electron chi connectivity index (χ4n) is 5.29. The number of nitrogens with zero attached hydrogens (tertiary/aromatic N) is 2. The molecular formula is C32H42N4O6. The molecule has 4 atom stereocenters. The van der Waals surface area contributed by atoms with Crippen molar-refractivity contribution in [3.8, 4) is 0 Å². The molecule has 1 heterocycles. The van der Waals surface area contributed by atoms with Gasteiger partial charge in [0.25, 0.3) is 5.91 Å². The standard InChI is InChI=1S/C32H42N4O6/c1-20-27(21(2)42-35-20)29(38)33-24(17-22-13-9-7-10-14-22)19-26(37)25(18-23-15-11-8-12-16-23)34-30(39)28(32(3,4)5)36(6)31(40)41/h7-16,24-26,28,37H,17-19H2,1-6H3,(H,33,38)(H,34,39)(H,40,41)/t24-,25-,26+,28+/m0/s1. The Balaban J connectivity index is 1.90. The number of likely N-dealkylation sites (N-methyl/N-ethyl adjacent to an activating group) is 1. The zero-order chi connectivity index (χ0) is 31.0. The van der Waals surface area contributed by atoms with E-state index in [9.17, 15) is 24.6 Å². The molecule has 4 N–H and O–H groups in total. The molecule has 3 aromatic rings. The molecule has 0 saturated heterocycles. The lowest BCUT2D eigenvalue weighted by molar-refractivity contribution is -0.130. The van der Waals surface area contributed by atoms with Gasteiger partial charge in [-0.25, -0.2) is 4.79 Å². The van der Waals surface area contributed by atoms with Crippen LogP contribution < -0.4 is 10.6 Å². The third kappa shape index (κ3) is 8.66. The van der Waals surface area contributed by atoms with Crippen LogP contribution in [-0.4, -0.2) is 69.5 Å². The van der Waals surface area contributed by atoms with E-state index in [1.807, 2.05) is 60.7 Å². The van der Waals surface area contributed by atoms with Crippen LogP contribution in [0.1, 0.15) is 60.1 Å². The first-order chi connectivity index (χ1) is 19.8. The summed E-state index contributed by atoms with van der Waals surface area (Å²) in [6, 6.07) is 16.8. The highest BCUT2D eigenvalue weighted by atomic mass is 16.5. The number of aryl methyl sites for hydroxylation is 2. The van der Waals surface area contributed by atoms with Crippen molar-refractivity contribution in [1.29, 1.82) is 0 Å². The maximum absolute atomic E-state index is 13.6. The molecule has 3 rings (SSSR count). The minimum absolute atomic E-state index is 0.122. The molecule has 10 heteroatoms. The van der Waals surface area contributed by atoms with Crippen LogP contribution in [0.3, 0.4) is 0 Å². The molecule has 1 aromatic heterocycles. The fraction of sp³-hybridized carbons (Fsp3) is 0.438. The molecule has 0 aliphatic rings.